The van der Waals surface area contributed by atoms with E-state index in [-0.39, 0.29) is 23.9 Å². The van der Waals surface area contributed by atoms with Crippen LogP contribution in [0.25, 0.3) is 0 Å². The van der Waals surface area contributed by atoms with E-state index in [1.165, 1.54) is 12.3 Å². The van der Waals surface area contributed by atoms with Crippen LogP contribution in [0.3, 0.4) is 0 Å². The molecule has 3 rings (SSSR count). The topological polar surface area (TPSA) is 45.6 Å². The second-order valence-corrected chi connectivity index (χ2v) is 5.33. The molecule has 104 valence electrons. The van der Waals surface area contributed by atoms with E-state index in [9.17, 15) is 9.50 Å². The molecular formula is C14H19FN2O2. The molecule has 0 bridgehead atoms. The fraction of sp³-hybridized carbons (Fsp3) is 0.643. The average Bonchev–Trinajstić information content (AvgIpc) is 2.89. The largest absolute Gasteiger partial charge is 0.393 e. The monoisotopic (exact) mass is 266 g/mol. The number of hydrogen-bond acceptors (Lipinski definition) is 4. The lowest BCUT2D eigenvalue weighted by molar-refractivity contribution is -0.0438. The van der Waals surface area contributed by atoms with Crippen LogP contribution >= 0.6 is 0 Å². The van der Waals surface area contributed by atoms with Crippen LogP contribution in [0.2, 0.25) is 0 Å². The number of anilines is 1. The zero-order valence-electron chi connectivity index (χ0n) is 10.8. The van der Waals surface area contributed by atoms with Gasteiger partial charge in [-0.2, -0.15) is 0 Å². The number of ether oxygens (including phenoxy) is 1. The summed E-state index contributed by atoms with van der Waals surface area (Å²) >= 11 is 0. The van der Waals surface area contributed by atoms with E-state index in [1.54, 1.807) is 6.07 Å². The Morgan fingerprint density at radius 1 is 1.37 bits per heavy atom. The molecule has 0 aromatic carbocycles. The molecule has 19 heavy (non-hydrogen) atoms. The van der Waals surface area contributed by atoms with Gasteiger partial charge in [0, 0.05) is 25.1 Å². The Hall–Kier alpha value is -1.20. The van der Waals surface area contributed by atoms with Crippen molar-refractivity contribution in [2.24, 2.45) is 5.92 Å². The quantitative estimate of drug-likeness (QED) is 0.883. The summed E-state index contributed by atoms with van der Waals surface area (Å²) < 4.78 is 18.4. The highest BCUT2D eigenvalue weighted by Crippen LogP contribution is 2.32. The standard InChI is InChI=1S/C14H19FN2O2/c15-10-3-4-14(16-8-10)17-6-1-2-12(17)11-9-19-7-5-13(11)18/h3-4,8,11-13,18H,1-2,5-7,9H2/t11-,12+,13+/m0/s1. The van der Waals surface area contributed by atoms with E-state index < -0.39 is 0 Å². The molecule has 5 heteroatoms. The summed E-state index contributed by atoms with van der Waals surface area (Å²) in [6, 6.07) is 3.39. The van der Waals surface area contributed by atoms with Crippen LogP contribution in [0, 0.1) is 11.7 Å². The van der Waals surface area contributed by atoms with E-state index in [4.69, 9.17) is 4.74 Å². The highest BCUT2D eigenvalue weighted by molar-refractivity contribution is 5.41. The molecule has 0 radical (unpaired) electrons. The summed E-state index contributed by atoms with van der Waals surface area (Å²) in [7, 11) is 0. The molecule has 2 saturated heterocycles. The van der Waals surface area contributed by atoms with Crippen LogP contribution in [0.5, 0.6) is 0 Å². The minimum absolute atomic E-state index is 0.128. The van der Waals surface area contributed by atoms with Crippen molar-refractivity contribution in [3.05, 3.63) is 24.1 Å². The summed E-state index contributed by atoms with van der Waals surface area (Å²) in [6.07, 6.45) is 3.75. The van der Waals surface area contributed by atoms with Crippen LogP contribution in [-0.4, -0.2) is 42.0 Å². The lowest BCUT2D eigenvalue weighted by Crippen LogP contribution is -2.46. The average molecular weight is 266 g/mol. The van der Waals surface area contributed by atoms with Gasteiger partial charge < -0.3 is 14.7 Å². The summed E-state index contributed by atoms with van der Waals surface area (Å²) in [5.74, 6) is 0.602. The zero-order chi connectivity index (χ0) is 13.2. The van der Waals surface area contributed by atoms with Crippen LogP contribution in [0.4, 0.5) is 10.2 Å². The third-order valence-corrected chi connectivity index (χ3v) is 4.16. The van der Waals surface area contributed by atoms with Crippen molar-refractivity contribution in [3.8, 4) is 0 Å². The zero-order valence-corrected chi connectivity index (χ0v) is 10.8. The number of pyridine rings is 1. The van der Waals surface area contributed by atoms with Crippen LogP contribution in [-0.2, 0) is 4.74 Å². The maximum absolute atomic E-state index is 12.9. The molecule has 3 atom stereocenters. The van der Waals surface area contributed by atoms with Gasteiger partial charge in [0.05, 0.1) is 18.9 Å². The lowest BCUT2D eigenvalue weighted by atomic mass is 9.89. The Kier molecular flexibility index (Phi) is 3.66. The first kappa shape index (κ1) is 12.8. The normalized spacial score (nSPS) is 31.7. The van der Waals surface area contributed by atoms with Gasteiger partial charge in [0.15, 0.2) is 0 Å². The summed E-state index contributed by atoms with van der Waals surface area (Å²) in [6.45, 7) is 2.15. The first-order valence-corrected chi connectivity index (χ1v) is 6.90. The van der Waals surface area contributed by atoms with E-state index in [2.05, 4.69) is 9.88 Å². The first-order chi connectivity index (χ1) is 9.25. The van der Waals surface area contributed by atoms with Gasteiger partial charge in [0.2, 0.25) is 0 Å². The minimum Gasteiger partial charge on any atom is -0.393 e. The number of aliphatic hydroxyl groups is 1. The van der Waals surface area contributed by atoms with E-state index >= 15 is 0 Å². The Bertz CT molecular complexity index is 426. The molecule has 0 spiro atoms. The molecular weight excluding hydrogens is 247 g/mol. The van der Waals surface area contributed by atoms with Gasteiger partial charge in [-0.1, -0.05) is 0 Å². The molecule has 0 aliphatic carbocycles. The fourth-order valence-electron chi connectivity index (χ4n) is 3.18. The number of halogens is 1. The number of rotatable bonds is 2. The van der Waals surface area contributed by atoms with Crippen LogP contribution in [0.1, 0.15) is 19.3 Å². The second kappa shape index (κ2) is 5.43. The highest BCUT2D eigenvalue weighted by atomic mass is 19.1. The van der Waals surface area contributed by atoms with Gasteiger partial charge in [-0.05, 0) is 31.4 Å². The fourth-order valence-corrected chi connectivity index (χ4v) is 3.18. The number of aliphatic hydroxyl groups excluding tert-OH is 1. The van der Waals surface area contributed by atoms with Crippen molar-refractivity contribution in [1.82, 2.24) is 4.98 Å². The molecule has 1 aromatic heterocycles. The van der Waals surface area contributed by atoms with Gasteiger partial charge in [0.25, 0.3) is 0 Å². The predicted molar refractivity (Wildman–Crippen MR) is 69.5 cm³/mol. The molecule has 4 nitrogen and oxygen atoms in total. The Morgan fingerprint density at radius 2 is 2.26 bits per heavy atom. The minimum atomic E-state index is -0.319. The van der Waals surface area contributed by atoms with Crippen molar-refractivity contribution < 1.29 is 14.2 Å². The number of nitrogens with zero attached hydrogens (tertiary/aromatic N) is 2. The Balaban J connectivity index is 1.79. The van der Waals surface area contributed by atoms with Gasteiger partial charge in [-0.3, -0.25) is 0 Å². The highest BCUT2D eigenvalue weighted by Gasteiger charge is 2.38. The van der Waals surface area contributed by atoms with E-state index in [0.29, 0.717) is 19.6 Å². The van der Waals surface area contributed by atoms with Crippen molar-refractivity contribution in [3.63, 3.8) is 0 Å². The lowest BCUT2D eigenvalue weighted by Gasteiger charge is -2.37. The molecule has 2 aliphatic heterocycles. The molecule has 0 amide bonds. The summed E-state index contributed by atoms with van der Waals surface area (Å²) in [5, 5.41) is 10.2. The maximum Gasteiger partial charge on any atom is 0.141 e. The van der Waals surface area contributed by atoms with Gasteiger partial charge >= 0.3 is 0 Å². The van der Waals surface area contributed by atoms with E-state index in [1.807, 2.05) is 0 Å². The first-order valence-electron chi connectivity index (χ1n) is 6.90. The molecule has 1 N–H and O–H groups in total. The van der Waals surface area contributed by atoms with Crippen molar-refractivity contribution in [1.29, 1.82) is 0 Å². The third kappa shape index (κ3) is 2.58. The molecule has 2 aliphatic rings. The van der Waals surface area contributed by atoms with Crippen molar-refractivity contribution >= 4 is 5.82 Å². The SMILES string of the molecule is O[C@@H]1CCOC[C@H]1[C@H]1CCCN1c1ccc(F)cn1. The van der Waals surface area contributed by atoms with Gasteiger partial charge in [0.1, 0.15) is 11.6 Å². The summed E-state index contributed by atoms with van der Waals surface area (Å²) in [5.41, 5.74) is 0. The van der Waals surface area contributed by atoms with Crippen LogP contribution < -0.4 is 4.90 Å². The Morgan fingerprint density at radius 3 is 3.00 bits per heavy atom. The van der Waals surface area contributed by atoms with Crippen molar-refractivity contribution in [2.45, 2.75) is 31.4 Å². The number of hydrogen-bond donors (Lipinski definition) is 1. The van der Waals surface area contributed by atoms with Crippen molar-refractivity contribution in [2.75, 3.05) is 24.7 Å². The van der Waals surface area contributed by atoms with Crippen LogP contribution in [0.15, 0.2) is 18.3 Å². The molecule has 3 heterocycles. The summed E-state index contributed by atoms with van der Waals surface area (Å²) in [4.78, 5) is 6.34. The predicted octanol–water partition coefficient (Wildman–Crippen LogP) is 1.59. The Labute approximate surface area is 112 Å². The molecule has 2 fully saturated rings. The number of aromatic nitrogens is 1. The smallest absolute Gasteiger partial charge is 0.141 e. The van der Waals surface area contributed by atoms with Gasteiger partial charge in [-0.25, -0.2) is 9.37 Å². The second-order valence-electron chi connectivity index (χ2n) is 5.33. The van der Waals surface area contributed by atoms with E-state index in [0.717, 1.165) is 25.2 Å². The third-order valence-electron chi connectivity index (χ3n) is 4.16. The molecule has 0 unspecified atom stereocenters. The molecule has 1 aromatic rings. The molecule has 0 saturated carbocycles. The maximum atomic E-state index is 12.9. The van der Waals surface area contributed by atoms with Gasteiger partial charge in [-0.15, -0.1) is 0 Å².